The molecule has 2 aliphatic heterocycles. The maximum atomic E-state index is 12.6. The minimum absolute atomic E-state index is 0.0207. The van der Waals surface area contributed by atoms with E-state index in [1.165, 1.54) is 0 Å². The molecular weight excluding hydrogens is 242 g/mol. The quantitative estimate of drug-likeness (QED) is 0.608. The highest BCUT2D eigenvalue weighted by atomic mass is 16.5. The molecule has 0 aromatic rings. The van der Waals surface area contributed by atoms with Gasteiger partial charge >= 0.3 is 0 Å². The van der Waals surface area contributed by atoms with Gasteiger partial charge in [0.25, 0.3) is 0 Å². The molecule has 5 heteroatoms. The van der Waals surface area contributed by atoms with Crippen LogP contribution < -0.4 is 11.5 Å². The smallest absolute Gasteiger partial charge is 0.153 e. The van der Waals surface area contributed by atoms with Crippen molar-refractivity contribution in [3.8, 4) is 0 Å². The number of Topliss-reactive ketones (excluding diaryl/α,β-unsaturated/α-hetero) is 1. The molecule has 0 amide bonds. The van der Waals surface area contributed by atoms with Crippen LogP contribution in [0.25, 0.3) is 0 Å². The Kier molecular flexibility index (Phi) is 4.20. The summed E-state index contributed by atoms with van der Waals surface area (Å²) >= 11 is 0. The number of rotatable bonds is 7. The summed E-state index contributed by atoms with van der Waals surface area (Å²) in [6.45, 7) is 5.77. The number of carbonyl (C=O) groups is 1. The second-order valence-electron chi connectivity index (χ2n) is 5.38. The van der Waals surface area contributed by atoms with Gasteiger partial charge in [0.05, 0.1) is 18.6 Å². The van der Waals surface area contributed by atoms with Gasteiger partial charge in [0.15, 0.2) is 5.78 Å². The number of ether oxygens (including phenoxy) is 1. The van der Waals surface area contributed by atoms with E-state index < -0.39 is 5.60 Å². The van der Waals surface area contributed by atoms with Gasteiger partial charge in [-0.05, 0) is 7.05 Å². The lowest BCUT2D eigenvalue weighted by Crippen LogP contribution is -2.48. The number of nitrogens with zero attached hydrogens (tertiary/aromatic N) is 1. The molecule has 0 aliphatic carbocycles. The maximum absolute atomic E-state index is 12.6. The molecule has 4 atom stereocenters. The molecule has 4 unspecified atom stereocenters. The molecule has 2 heterocycles. The Morgan fingerprint density at radius 3 is 2.89 bits per heavy atom. The van der Waals surface area contributed by atoms with E-state index in [2.05, 4.69) is 6.58 Å². The van der Waals surface area contributed by atoms with E-state index in [-0.39, 0.29) is 23.7 Å². The number of hydrogen-bond acceptors (Lipinski definition) is 5. The number of hydrogen-bond donors (Lipinski definition) is 2. The van der Waals surface area contributed by atoms with Crippen molar-refractivity contribution < 1.29 is 9.53 Å². The fourth-order valence-electron chi connectivity index (χ4n) is 3.15. The fraction of sp³-hybridized carbons (Fsp3) is 0.643. The molecule has 2 aliphatic rings. The van der Waals surface area contributed by atoms with E-state index in [1.807, 2.05) is 30.2 Å². The summed E-state index contributed by atoms with van der Waals surface area (Å²) in [7, 11) is 1.90. The van der Waals surface area contributed by atoms with Gasteiger partial charge in [-0.1, -0.05) is 18.2 Å². The molecule has 4 N–H and O–H groups in total. The number of likely N-dealkylation sites (N-methyl/N-ethyl adjacent to an activating group) is 1. The summed E-state index contributed by atoms with van der Waals surface area (Å²) in [6.07, 6.45) is 5.70. The average molecular weight is 265 g/mol. The van der Waals surface area contributed by atoms with Crippen LogP contribution in [0, 0.1) is 11.8 Å². The van der Waals surface area contributed by atoms with Crippen molar-refractivity contribution in [2.24, 2.45) is 23.3 Å². The lowest BCUT2D eigenvalue weighted by atomic mass is 9.73. The first-order valence-electron chi connectivity index (χ1n) is 6.69. The SMILES string of the molecule is C=CC1C2C=CC(CN)(O2)C1C(=O)CN(C)CCN. The molecule has 1 saturated heterocycles. The minimum atomic E-state index is -0.635. The molecule has 0 saturated carbocycles. The second kappa shape index (κ2) is 5.54. The average Bonchev–Trinajstić information content (AvgIpc) is 2.94. The van der Waals surface area contributed by atoms with E-state index in [4.69, 9.17) is 16.2 Å². The van der Waals surface area contributed by atoms with Crippen LogP contribution >= 0.6 is 0 Å². The highest BCUT2D eigenvalue weighted by Gasteiger charge is 2.57. The van der Waals surface area contributed by atoms with Crippen molar-refractivity contribution in [1.29, 1.82) is 0 Å². The van der Waals surface area contributed by atoms with Crippen molar-refractivity contribution in [3.05, 3.63) is 24.8 Å². The Morgan fingerprint density at radius 2 is 2.32 bits per heavy atom. The molecule has 0 spiro atoms. The lowest BCUT2D eigenvalue weighted by Gasteiger charge is -2.31. The molecule has 2 bridgehead atoms. The number of fused-ring (bicyclic) bond motifs is 2. The van der Waals surface area contributed by atoms with Crippen LogP contribution in [0.5, 0.6) is 0 Å². The number of carbonyl (C=O) groups excluding carboxylic acids is 1. The Labute approximate surface area is 114 Å². The van der Waals surface area contributed by atoms with E-state index in [0.717, 1.165) is 0 Å². The van der Waals surface area contributed by atoms with Crippen molar-refractivity contribution >= 4 is 5.78 Å². The van der Waals surface area contributed by atoms with E-state index >= 15 is 0 Å². The van der Waals surface area contributed by atoms with Crippen LogP contribution in [-0.2, 0) is 9.53 Å². The first kappa shape index (κ1) is 14.4. The van der Waals surface area contributed by atoms with Gasteiger partial charge in [0, 0.05) is 25.6 Å². The molecule has 2 rings (SSSR count). The van der Waals surface area contributed by atoms with Crippen molar-refractivity contribution in [2.45, 2.75) is 11.7 Å². The summed E-state index contributed by atoms with van der Waals surface area (Å²) in [5.74, 6) is -0.0595. The topological polar surface area (TPSA) is 81.6 Å². The summed E-state index contributed by atoms with van der Waals surface area (Å²) < 4.78 is 5.92. The third-order valence-corrected chi connectivity index (χ3v) is 4.09. The predicted octanol–water partition coefficient (Wildman–Crippen LogP) is -0.469. The Bertz CT molecular complexity index is 396. The Hall–Kier alpha value is -1.01. The van der Waals surface area contributed by atoms with Crippen LogP contribution in [0.15, 0.2) is 24.8 Å². The lowest BCUT2D eigenvalue weighted by molar-refractivity contribution is -0.127. The molecule has 1 fully saturated rings. The van der Waals surface area contributed by atoms with Crippen LogP contribution in [-0.4, -0.2) is 55.6 Å². The third kappa shape index (κ3) is 2.39. The first-order chi connectivity index (χ1) is 9.07. The van der Waals surface area contributed by atoms with Crippen LogP contribution in [0.3, 0.4) is 0 Å². The summed E-state index contributed by atoms with van der Waals surface area (Å²) in [5, 5.41) is 0. The van der Waals surface area contributed by atoms with Crippen molar-refractivity contribution in [3.63, 3.8) is 0 Å². The van der Waals surface area contributed by atoms with Gasteiger partial charge in [-0.25, -0.2) is 0 Å². The standard InChI is InChI=1S/C14H23N3O2/c1-3-10-12-4-5-14(9-16,19-12)13(10)11(18)8-17(2)7-6-15/h3-5,10,12-13H,1,6-9,15-16H2,2H3. The van der Waals surface area contributed by atoms with E-state index in [0.29, 0.717) is 26.2 Å². The highest BCUT2D eigenvalue weighted by Crippen LogP contribution is 2.47. The van der Waals surface area contributed by atoms with Gasteiger partial charge in [-0.15, -0.1) is 6.58 Å². The van der Waals surface area contributed by atoms with Crippen molar-refractivity contribution in [2.75, 3.05) is 33.2 Å². The summed E-state index contributed by atoms with van der Waals surface area (Å²) in [5.41, 5.74) is 10.7. The molecule has 0 aromatic heterocycles. The largest absolute Gasteiger partial charge is 0.361 e. The number of nitrogens with two attached hydrogens (primary N) is 2. The molecule has 0 radical (unpaired) electrons. The van der Waals surface area contributed by atoms with Gasteiger partial charge in [-0.2, -0.15) is 0 Å². The normalized spacial score (nSPS) is 36.1. The summed E-state index contributed by atoms with van der Waals surface area (Å²) in [4.78, 5) is 14.5. The third-order valence-electron chi connectivity index (χ3n) is 4.09. The minimum Gasteiger partial charge on any atom is -0.361 e. The molecule has 0 aromatic carbocycles. The van der Waals surface area contributed by atoms with Gasteiger partial charge in [0.2, 0.25) is 0 Å². The zero-order chi connectivity index (χ0) is 14.0. The molecule has 5 nitrogen and oxygen atoms in total. The van der Waals surface area contributed by atoms with Crippen LogP contribution in [0.2, 0.25) is 0 Å². The van der Waals surface area contributed by atoms with Crippen LogP contribution in [0.1, 0.15) is 0 Å². The molecular formula is C14H23N3O2. The Morgan fingerprint density at radius 1 is 1.58 bits per heavy atom. The Balaban J connectivity index is 2.14. The van der Waals surface area contributed by atoms with Gasteiger partial charge < -0.3 is 16.2 Å². The first-order valence-corrected chi connectivity index (χ1v) is 6.69. The van der Waals surface area contributed by atoms with E-state index in [1.54, 1.807) is 0 Å². The van der Waals surface area contributed by atoms with Gasteiger partial charge in [-0.3, -0.25) is 9.69 Å². The number of ketones is 1. The van der Waals surface area contributed by atoms with Gasteiger partial charge in [0.1, 0.15) is 5.60 Å². The highest BCUT2D eigenvalue weighted by molar-refractivity contribution is 5.86. The van der Waals surface area contributed by atoms with E-state index in [9.17, 15) is 4.79 Å². The van der Waals surface area contributed by atoms with Crippen LogP contribution in [0.4, 0.5) is 0 Å². The van der Waals surface area contributed by atoms with Crippen molar-refractivity contribution in [1.82, 2.24) is 4.90 Å². The second-order valence-corrected chi connectivity index (χ2v) is 5.38. The monoisotopic (exact) mass is 265 g/mol. The molecule has 19 heavy (non-hydrogen) atoms. The zero-order valence-corrected chi connectivity index (χ0v) is 11.4. The summed E-state index contributed by atoms with van der Waals surface area (Å²) in [6, 6.07) is 0. The maximum Gasteiger partial charge on any atom is 0.153 e. The predicted molar refractivity (Wildman–Crippen MR) is 74.5 cm³/mol. The zero-order valence-electron chi connectivity index (χ0n) is 11.4. The molecule has 106 valence electrons. The fourth-order valence-corrected chi connectivity index (χ4v) is 3.15.